The normalized spacial score (nSPS) is 11.5. The number of para-hydroxylation sites is 1. The molecule has 0 aliphatic rings. The lowest BCUT2D eigenvalue weighted by molar-refractivity contribution is 0.456. The summed E-state index contributed by atoms with van der Waals surface area (Å²) in [6.45, 7) is 3.61. The summed E-state index contributed by atoms with van der Waals surface area (Å²) in [5, 5.41) is 30.3. The average molecular weight is 495 g/mol. The fraction of sp³-hybridized carbons (Fsp3) is 0.217. The third kappa shape index (κ3) is 6.95. The van der Waals surface area contributed by atoms with Crippen molar-refractivity contribution in [2.24, 2.45) is 0 Å². The van der Waals surface area contributed by atoms with Crippen LogP contribution in [0.4, 0.5) is 0 Å². The topological polar surface area (TPSA) is 149 Å². The van der Waals surface area contributed by atoms with E-state index in [1.165, 1.54) is 36.4 Å². The van der Waals surface area contributed by atoms with Gasteiger partial charge in [0.25, 0.3) is 10.1 Å². The molecular formula is C23H26O8S2. The molecule has 3 rings (SSSR count). The number of rotatable bonds is 5. The van der Waals surface area contributed by atoms with Gasteiger partial charge in [0, 0.05) is 6.42 Å². The molecular weight excluding hydrogens is 468 g/mol. The molecule has 0 fully saturated rings. The van der Waals surface area contributed by atoms with Crippen molar-refractivity contribution in [1.82, 2.24) is 0 Å². The van der Waals surface area contributed by atoms with Crippen molar-refractivity contribution in [2.45, 2.75) is 36.5 Å². The number of hydrogen-bond donors (Lipinski definition) is 4. The maximum absolute atomic E-state index is 13.0. The number of aromatic hydroxyl groups is 3. The maximum Gasteiger partial charge on any atom is 0.261 e. The van der Waals surface area contributed by atoms with Gasteiger partial charge < -0.3 is 15.3 Å². The molecule has 3 aromatic carbocycles. The Hall–Kier alpha value is -3.08. The van der Waals surface area contributed by atoms with E-state index >= 15 is 0 Å². The molecule has 0 aliphatic carbocycles. The second kappa shape index (κ2) is 10.2. The van der Waals surface area contributed by atoms with Crippen LogP contribution >= 0.6 is 0 Å². The van der Waals surface area contributed by atoms with Gasteiger partial charge in [-0.05, 0) is 72.0 Å². The Balaban J connectivity index is 0.000000696. The summed E-state index contributed by atoms with van der Waals surface area (Å²) >= 11 is 0. The standard InChI is InChI=1S/C22H22O5S.CH4O3S/c1-3-15-12-20(28(26,27)19-9-7-18(23)8-10-19)13-17(22(15)25)11-16-6-4-5-14(2)21(16)24;1-5(2,3)4/h4-10,12-13,23-25H,3,11H2,1-2H3;1H3,(H,2,3,4). The highest BCUT2D eigenvalue weighted by Crippen LogP contribution is 2.34. The smallest absolute Gasteiger partial charge is 0.261 e. The molecule has 0 saturated heterocycles. The molecule has 8 nitrogen and oxygen atoms in total. The van der Waals surface area contributed by atoms with Gasteiger partial charge in [-0.3, -0.25) is 4.55 Å². The highest BCUT2D eigenvalue weighted by molar-refractivity contribution is 7.91. The van der Waals surface area contributed by atoms with E-state index in [4.69, 9.17) is 4.55 Å². The van der Waals surface area contributed by atoms with E-state index in [1.54, 1.807) is 25.1 Å². The van der Waals surface area contributed by atoms with Crippen LogP contribution in [0.1, 0.15) is 29.2 Å². The van der Waals surface area contributed by atoms with E-state index in [0.29, 0.717) is 34.9 Å². The molecule has 0 aliphatic heterocycles. The van der Waals surface area contributed by atoms with Gasteiger partial charge in [0.15, 0.2) is 0 Å². The summed E-state index contributed by atoms with van der Waals surface area (Å²) in [4.78, 5) is 0.123. The van der Waals surface area contributed by atoms with E-state index in [9.17, 15) is 32.2 Å². The lowest BCUT2D eigenvalue weighted by atomic mass is 9.98. The Morgan fingerprint density at radius 3 is 1.85 bits per heavy atom. The number of hydrogen-bond acceptors (Lipinski definition) is 7. The Bertz CT molecular complexity index is 1340. The van der Waals surface area contributed by atoms with Crippen LogP contribution in [0.5, 0.6) is 17.2 Å². The largest absolute Gasteiger partial charge is 0.508 e. The molecule has 0 unspecified atom stereocenters. The zero-order valence-corrected chi connectivity index (χ0v) is 20.0. The highest BCUT2D eigenvalue weighted by atomic mass is 32.2. The van der Waals surface area contributed by atoms with Crippen molar-refractivity contribution in [3.63, 3.8) is 0 Å². The molecule has 0 aromatic heterocycles. The first-order valence-electron chi connectivity index (χ1n) is 9.82. The molecule has 3 aromatic rings. The van der Waals surface area contributed by atoms with Crippen LogP contribution in [0.3, 0.4) is 0 Å². The van der Waals surface area contributed by atoms with Gasteiger partial charge in [-0.15, -0.1) is 0 Å². The second-order valence-electron chi connectivity index (χ2n) is 7.43. The van der Waals surface area contributed by atoms with Crippen molar-refractivity contribution in [3.8, 4) is 17.2 Å². The lowest BCUT2D eigenvalue weighted by Gasteiger charge is -2.14. The zero-order chi connectivity index (χ0) is 25.0. The second-order valence-corrected chi connectivity index (χ2v) is 10.8. The molecule has 10 heteroatoms. The first-order valence-corrected chi connectivity index (χ1v) is 13.2. The minimum Gasteiger partial charge on any atom is -0.508 e. The van der Waals surface area contributed by atoms with Gasteiger partial charge >= 0.3 is 0 Å². The summed E-state index contributed by atoms with van der Waals surface area (Å²) in [6.07, 6.45) is 1.37. The summed E-state index contributed by atoms with van der Waals surface area (Å²) in [5.41, 5.74) is 2.26. The summed E-state index contributed by atoms with van der Waals surface area (Å²) in [6, 6.07) is 13.6. The Kier molecular flexibility index (Phi) is 8.12. The lowest BCUT2D eigenvalue weighted by Crippen LogP contribution is -2.05. The van der Waals surface area contributed by atoms with Gasteiger partial charge in [0.2, 0.25) is 9.84 Å². The number of phenolic OH excluding ortho intramolecular Hbond substituents is 3. The van der Waals surface area contributed by atoms with Crippen molar-refractivity contribution < 1.29 is 36.7 Å². The number of phenols is 3. The SMILES string of the molecule is CCc1cc(S(=O)(=O)c2ccc(O)cc2)cc(Cc2cccc(C)c2O)c1O.CS(=O)(=O)O. The van der Waals surface area contributed by atoms with Gasteiger partial charge in [0.05, 0.1) is 16.0 Å². The minimum atomic E-state index is -3.82. The predicted octanol–water partition coefficient (Wildman–Crippen LogP) is 3.60. The van der Waals surface area contributed by atoms with Crippen LogP contribution in [0, 0.1) is 6.92 Å². The monoisotopic (exact) mass is 494 g/mol. The number of benzene rings is 3. The average Bonchev–Trinajstić information content (AvgIpc) is 2.71. The van der Waals surface area contributed by atoms with Crippen molar-refractivity contribution in [3.05, 3.63) is 76.9 Å². The third-order valence-corrected chi connectivity index (χ3v) is 6.53. The van der Waals surface area contributed by atoms with E-state index < -0.39 is 20.0 Å². The van der Waals surface area contributed by atoms with Crippen molar-refractivity contribution in [2.75, 3.05) is 6.26 Å². The molecule has 0 amide bonds. The molecule has 0 bridgehead atoms. The van der Waals surface area contributed by atoms with Crippen LogP contribution < -0.4 is 0 Å². The van der Waals surface area contributed by atoms with Crippen molar-refractivity contribution in [1.29, 1.82) is 0 Å². The summed E-state index contributed by atoms with van der Waals surface area (Å²) < 4.78 is 51.9. The molecule has 0 radical (unpaired) electrons. The highest BCUT2D eigenvalue weighted by Gasteiger charge is 2.22. The zero-order valence-electron chi connectivity index (χ0n) is 18.3. The Morgan fingerprint density at radius 2 is 1.30 bits per heavy atom. The van der Waals surface area contributed by atoms with Gasteiger partial charge in [0.1, 0.15) is 17.2 Å². The Morgan fingerprint density at radius 1 is 0.758 bits per heavy atom. The maximum atomic E-state index is 13.0. The van der Waals surface area contributed by atoms with Crippen LogP contribution in [0.2, 0.25) is 0 Å². The van der Waals surface area contributed by atoms with E-state index in [-0.39, 0.29) is 33.5 Å². The quantitative estimate of drug-likeness (QED) is 0.393. The van der Waals surface area contributed by atoms with Crippen LogP contribution in [-0.4, -0.2) is 43.0 Å². The summed E-state index contributed by atoms with van der Waals surface area (Å²) in [7, 11) is -7.49. The van der Waals surface area contributed by atoms with E-state index in [1.807, 2.05) is 6.92 Å². The first kappa shape index (κ1) is 26.2. The van der Waals surface area contributed by atoms with Crippen LogP contribution in [-0.2, 0) is 32.8 Å². The summed E-state index contributed by atoms with van der Waals surface area (Å²) in [5.74, 6) is 0.148. The fourth-order valence-corrected chi connectivity index (χ4v) is 4.48. The van der Waals surface area contributed by atoms with E-state index in [2.05, 4.69) is 0 Å². The van der Waals surface area contributed by atoms with Crippen molar-refractivity contribution >= 4 is 20.0 Å². The number of aryl methyl sites for hydroxylation is 2. The molecule has 0 heterocycles. The van der Waals surface area contributed by atoms with Crippen LogP contribution in [0.25, 0.3) is 0 Å². The van der Waals surface area contributed by atoms with Gasteiger partial charge in [-0.25, -0.2) is 8.42 Å². The van der Waals surface area contributed by atoms with Gasteiger partial charge in [-0.1, -0.05) is 25.1 Å². The molecule has 178 valence electrons. The molecule has 0 spiro atoms. The van der Waals surface area contributed by atoms with Crippen LogP contribution in [0.15, 0.2) is 64.4 Å². The Labute approximate surface area is 193 Å². The number of sulfone groups is 1. The van der Waals surface area contributed by atoms with Gasteiger partial charge in [-0.2, -0.15) is 8.42 Å². The first-order chi connectivity index (χ1) is 15.2. The molecule has 33 heavy (non-hydrogen) atoms. The molecule has 0 saturated carbocycles. The fourth-order valence-electron chi connectivity index (χ4n) is 3.12. The molecule has 4 N–H and O–H groups in total. The predicted molar refractivity (Wildman–Crippen MR) is 124 cm³/mol. The van der Waals surface area contributed by atoms with E-state index in [0.717, 1.165) is 0 Å². The third-order valence-electron chi connectivity index (χ3n) is 4.78. The molecule has 0 atom stereocenters. The minimum absolute atomic E-state index is 0.0190.